The molecule has 0 radical (unpaired) electrons. The number of carbonyl (C=O) groups excluding carboxylic acids is 1. The van der Waals surface area contributed by atoms with Crippen molar-refractivity contribution >= 4 is 5.91 Å². The molecular weight excluding hydrogens is 206 g/mol. The molecule has 0 rings (SSSR count). The van der Waals surface area contributed by atoms with E-state index in [4.69, 9.17) is 5.73 Å². The summed E-state index contributed by atoms with van der Waals surface area (Å²) in [4.78, 5) is 11.8. The van der Waals surface area contributed by atoms with E-state index >= 15 is 0 Å². The van der Waals surface area contributed by atoms with Crippen LogP contribution in [0.3, 0.4) is 0 Å². The highest BCUT2D eigenvalue weighted by Gasteiger charge is 2.18. The van der Waals surface area contributed by atoms with Crippen LogP contribution in [0, 0.1) is 0 Å². The van der Waals surface area contributed by atoms with Crippen molar-refractivity contribution < 1.29 is 4.79 Å². The monoisotopic (exact) mass is 231 g/mol. The topological polar surface area (TPSA) is 91.2 Å². The average molecular weight is 231 g/mol. The molecule has 0 spiro atoms. The summed E-state index contributed by atoms with van der Waals surface area (Å²) >= 11 is 0. The number of nitrogens with two attached hydrogens (primary N) is 1. The van der Waals surface area contributed by atoms with Crippen LogP contribution in [0.5, 0.6) is 0 Å². The molecule has 0 aliphatic heterocycles. The lowest BCUT2D eigenvalue weighted by atomic mass is 10.1. The lowest BCUT2D eigenvalue weighted by Crippen LogP contribution is -2.52. The molecule has 0 aromatic rings. The molecule has 0 aromatic carbocycles. The number of amides is 1. The van der Waals surface area contributed by atoms with Gasteiger partial charge >= 0.3 is 0 Å². The van der Waals surface area contributed by atoms with E-state index in [0.29, 0.717) is 13.0 Å². The predicted octanol–water partition coefficient (Wildman–Crippen LogP) is -2.15. The molecule has 0 unspecified atom stereocenters. The van der Waals surface area contributed by atoms with Gasteiger partial charge in [-0.05, 0) is 34.1 Å². The second kappa shape index (κ2) is 9.53. The maximum Gasteiger partial charge on any atom is 0.237 e. The molecule has 6 heteroatoms. The molecule has 6 N–H and O–H groups in total. The van der Waals surface area contributed by atoms with Gasteiger partial charge in [-0.1, -0.05) is 0 Å². The Morgan fingerprint density at radius 1 is 1.19 bits per heavy atom. The van der Waals surface area contributed by atoms with E-state index in [9.17, 15) is 4.79 Å². The third kappa shape index (κ3) is 6.02. The van der Waals surface area contributed by atoms with E-state index in [1.54, 1.807) is 7.05 Å². The average Bonchev–Trinajstić information content (AvgIpc) is 2.26. The smallest absolute Gasteiger partial charge is 0.237 e. The third-order valence-electron chi connectivity index (χ3n) is 2.37. The Hall–Kier alpha value is -0.690. The van der Waals surface area contributed by atoms with Crippen LogP contribution in [0.4, 0.5) is 0 Å². The summed E-state index contributed by atoms with van der Waals surface area (Å²) in [5.41, 5.74) is 5.45. The summed E-state index contributed by atoms with van der Waals surface area (Å²) in [6.07, 6.45) is 0.647. The van der Waals surface area contributed by atoms with E-state index < -0.39 is 0 Å². The number of likely N-dealkylation sites (N-methyl/N-ethyl adjacent to an activating group) is 3. The molecule has 96 valence electrons. The molecule has 0 aromatic heterocycles. The molecular formula is C10H25N5O. The van der Waals surface area contributed by atoms with Gasteiger partial charge in [0.1, 0.15) is 0 Å². The van der Waals surface area contributed by atoms with Crippen LogP contribution in [0.15, 0.2) is 0 Å². The minimum atomic E-state index is -0.207. The zero-order valence-corrected chi connectivity index (χ0v) is 10.5. The Morgan fingerprint density at radius 3 is 2.12 bits per heavy atom. The second-order valence-electron chi connectivity index (χ2n) is 3.74. The van der Waals surface area contributed by atoms with E-state index in [1.165, 1.54) is 0 Å². The number of rotatable bonds is 9. The fourth-order valence-electron chi connectivity index (χ4n) is 1.54. The van der Waals surface area contributed by atoms with E-state index in [0.717, 1.165) is 13.1 Å². The highest BCUT2D eigenvalue weighted by atomic mass is 16.2. The molecule has 0 heterocycles. The van der Waals surface area contributed by atoms with Crippen LogP contribution >= 0.6 is 0 Å². The van der Waals surface area contributed by atoms with Crippen molar-refractivity contribution in [3.8, 4) is 0 Å². The standard InChI is InChI=1S/C10H25N5O/c1-12-6-8(7-13-2)15-10(16)9(14-3)4-5-11/h8-9,12-14H,4-7,11H2,1-3H3,(H,15,16)/t9-/m0/s1. The quantitative estimate of drug-likeness (QED) is 0.312. The van der Waals surface area contributed by atoms with Crippen LogP contribution < -0.4 is 27.0 Å². The van der Waals surface area contributed by atoms with Gasteiger partial charge in [-0.15, -0.1) is 0 Å². The highest BCUT2D eigenvalue weighted by molar-refractivity contribution is 5.82. The molecule has 0 fully saturated rings. The van der Waals surface area contributed by atoms with Crippen molar-refractivity contribution in [3.05, 3.63) is 0 Å². The summed E-state index contributed by atoms with van der Waals surface area (Å²) in [6, 6.07) is -0.114. The highest BCUT2D eigenvalue weighted by Crippen LogP contribution is 1.91. The van der Waals surface area contributed by atoms with Crippen LogP contribution in [0.2, 0.25) is 0 Å². The molecule has 16 heavy (non-hydrogen) atoms. The summed E-state index contributed by atoms with van der Waals surface area (Å²) in [6.45, 7) is 1.99. The number of hydrogen-bond donors (Lipinski definition) is 5. The lowest BCUT2D eigenvalue weighted by molar-refractivity contribution is -0.123. The first-order valence-corrected chi connectivity index (χ1v) is 5.66. The van der Waals surface area contributed by atoms with E-state index in [-0.39, 0.29) is 18.0 Å². The zero-order valence-electron chi connectivity index (χ0n) is 10.5. The summed E-state index contributed by atoms with van der Waals surface area (Å²) in [7, 11) is 5.50. The van der Waals surface area contributed by atoms with Crippen LogP contribution in [-0.4, -0.2) is 58.8 Å². The zero-order chi connectivity index (χ0) is 12.4. The lowest BCUT2D eigenvalue weighted by Gasteiger charge is -2.22. The Morgan fingerprint density at radius 2 is 1.75 bits per heavy atom. The SMILES string of the molecule is CNCC(CNC)NC(=O)[C@H](CCN)NC. The van der Waals surface area contributed by atoms with Crippen molar-refractivity contribution in [3.63, 3.8) is 0 Å². The van der Waals surface area contributed by atoms with Crippen molar-refractivity contribution in [1.29, 1.82) is 0 Å². The summed E-state index contributed by atoms with van der Waals surface area (Å²) in [5, 5.41) is 12.0. The molecule has 0 saturated heterocycles. The molecule has 1 amide bonds. The van der Waals surface area contributed by atoms with E-state index in [2.05, 4.69) is 21.3 Å². The maximum absolute atomic E-state index is 11.8. The van der Waals surface area contributed by atoms with E-state index in [1.807, 2.05) is 14.1 Å². The van der Waals surface area contributed by atoms with Gasteiger partial charge in [-0.25, -0.2) is 0 Å². The van der Waals surface area contributed by atoms with Crippen molar-refractivity contribution in [1.82, 2.24) is 21.3 Å². The van der Waals surface area contributed by atoms with Gasteiger partial charge in [0, 0.05) is 13.1 Å². The first-order valence-electron chi connectivity index (χ1n) is 5.66. The number of carbonyl (C=O) groups is 1. The number of hydrogen-bond acceptors (Lipinski definition) is 5. The van der Waals surface area contributed by atoms with Gasteiger partial charge in [0.05, 0.1) is 12.1 Å². The van der Waals surface area contributed by atoms with Gasteiger partial charge in [0.15, 0.2) is 0 Å². The maximum atomic E-state index is 11.8. The van der Waals surface area contributed by atoms with Gasteiger partial charge in [-0.3, -0.25) is 4.79 Å². The fraction of sp³-hybridized carbons (Fsp3) is 0.900. The van der Waals surface area contributed by atoms with Crippen molar-refractivity contribution in [2.24, 2.45) is 5.73 Å². The molecule has 0 aliphatic rings. The van der Waals surface area contributed by atoms with Crippen molar-refractivity contribution in [2.45, 2.75) is 18.5 Å². The van der Waals surface area contributed by atoms with Gasteiger partial charge in [0.2, 0.25) is 5.91 Å². The molecule has 1 atom stereocenters. The second-order valence-corrected chi connectivity index (χ2v) is 3.74. The molecule has 0 bridgehead atoms. The van der Waals surface area contributed by atoms with Crippen LogP contribution in [0.25, 0.3) is 0 Å². The largest absolute Gasteiger partial charge is 0.349 e. The predicted molar refractivity (Wildman–Crippen MR) is 66.3 cm³/mol. The fourth-order valence-corrected chi connectivity index (χ4v) is 1.54. The molecule has 6 nitrogen and oxygen atoms in total. The van der Waals surface area contributed by atoms with Crippen LogP contribution in [-0.2, 0) is 4.79 Å². The molecule has 0 saturated carbocycles. The Bertz CT molecular complexity index is 182. The molecule has 0 aliphatic carbocycles. The summed E-state index contributed by atoms with van der Waals surface area (Å²) in [5.74, 6) is 0.00319. The van der Waals surface area contributed by atoms with Gasteiger partial charge in [-0.2, -0.15) is 0 Å². The summed E-state index contributed by atoms with van der Waals surface area (Å²) < 4.78 is 0. The Kier molecular flexibility index (Phi) is 9.12. The Balaban J connectivity index is 4.13. The third-order valence-corrected chi connectivity index (χ3v) is 2.37. The minimum Gasteiger partial charge on any atom is -0.349 e. The Labute approximate surface area is 97.7 Å². The minimum absolute atomic E-state index is 0.00319. The first-order chi connectivity index (χ1) is 7.69. The van der Waals surface area contributed by atoms with Gasteiger partial charge in [0.25, 0.3) is 0 Å². The number of nitrogens with one attached hydrogen (secondary N) is 4. The van der Waals surface area contributed by atoms with Gasteiger partial charge < -0.3 is 27.0 Å². The first kappa shape index (κ1) is 15.3. The van der Waals surface area contributed by atoms with Crippen molar-refractivity contribution in [2.75, 3.05) is 40.8 Å². The van der Waals surface area contributed by atoms with Crippen LogP contribution in [0.1, 0.15) is 6.42 Å². The normalized spacial score (nSPS) is 12.8.